The van der Waals surface area contributed by atoms with Crippen molar-refractivity contribution in [3.63, 3.8) is 0 Å². The number of halogens is 7. The molecule has 10 heteroatoms. The predicted octanol–water partition coefficient (Wildman–Crippen LogP) is 3.77. The highest BCUT2D eigenvalue weighted by Crippen LogP contribution is 2.40. The topological polar surface area (TPSA) is 24.5 Å². The number of nitrogens with zero attached hydrogens (tertiary/aromatic N) is 1. The van der Waals surface area contributed by atoms with E-state index >= 15 is 0 Å². The number of piperazine rings is 1. The van der Waals surface area contributed by atoms with Gasteiger partial charge in [-0.3, -0.25) is 4.90 Å². The lowest BCUT2D eigenvalue weighted by Crippen LogP contribution is -2.47. The first-order valence-electron chi connectivity index (χ1n) is 6.82. The van der Waals surface area contributed by atoms with Gasteiger partial charge in [-0.05, 0) is 17.7 Å². The molecule has 1 aromatic carbocycles. The van der Waals surface area contributed by atoms with Gasteiger partial charge < -0.3 is 10.1 Å². The van der Waals surface area contributed by atoms with Crippen LogP contribution in [-0.4, -0.2) is 44.6 Å². The fourth-order valence-electron chi connectivity index (χ4n) is 2.62. The van der Waals surface area contributed by atoms with Crippen molar-refractivity contribution < 1.29 is 26.7 Å². The van der Waals surface area contributed by atoms with Gasteiger partial charge in [-0.1, -0.05) is 6.07 Å². The van der Waals surface area contributed by atoms with Gasteiger partial charge in [0.1, 0.15) is 5.75 Å². The van der Waals surface area contributed by atoms with Gasteiger partial charge in [0.05, 0.1) is 18.7 Å². The number of rotatable bonds is 4. The number of alkyl halides is 5. The van der Waals surface area contributed by atoms with Crippen molar-refractivity contribution in [3.05, 3.63) is 29.3 Å². The highest BCUT2D eigenvalue weighted by atomic mass is 35.5. The van der Waals surface area contributed by atoms with E-state index in [1.807, 2.05) is 0 Å². The quantitative estimate of drug-likeness (QED) is 0.784. The van der Waals surface area contributed by atoms with Gasteiger partial charge >= 0.3 is 6.18 Å². The van der Waals surface area contributed by atoms with E-state index in [4.69, 9.17) is 4.74 Å². The van der Waals surface area contributed by atoms with Crippen molar-refractivity contribution in [2.24, 2.45) is 0 Å². The molecular weight excluding hydrogens is 378 g/mol. The monoisotopic (exact) mass is 396 g/mol. The third-order valence-corrected chi connectivity index (χ3v) is 3.67. The fourth-order valence-corrected chi connectivity index (χ4v) is 2.62. The number of hydrogen-bond donors (Lipinski definition) is 1. The Balaban J connectivity index is 0.00000264. The molecule has 1 aliphatic heterocycles. The lowest BCUT2D eigenvalue weighted by molar-refractivity contribution is -0.139. The van der Waals surface area contributed by atoms with E-state index in [2.05, 4.69) is 5.32 Å². The first kappa shape index (κ1) is 23.2. The van der Waals surface area contributed by atoms with Crippen LogP contribution < -0.4 is 10.1 Å². The highest BCUT2D eigenvalue weighted by Gasteiger charge is 2.40. The summed E-state index contributed by atoms with van der Waals surface area (Å²) in [5, 5.41) is 2.99. The predicted molar refractivity (Wildman–Crippen MR) is 85.7 cm³/mol. The van der Waals surface area contributed by atoms with Gasteiger partial charge in [-0.15, -0.1) is 24.8 Å². The number of ether oxygens (including phenoxy) is 1. The van der Waals surface area contributed by atoms with E-state index in [-0.39, 0.29) is 43.7 Å². The zero-order valence-electron chi connectivity index (χ0n) is 12.8. The summed E-state index contributed by atoms with van der Waals surface area (Å²) < 4.78 is 71.4. The van der Waals surface area contributed by atoms with Crippen LogP contribution in [0.5, 0.6) is 5.75 Å². The van der Waals surface area contributed by atoms with Gasteiger partial charge in [0.25, 0.3) is 6.43 Å². The highest BCUT2D eigenvalue weighted by molar-refractivity contribution is 5.85. The molecule has 0 radical (unpaired) electrons. The molecule has 1 N–H and O–H groups in total. The van der Waals surface area contributed by atoms with Crippen molar-refractivity contribution >= 4 is 24.8 Å². The molecule has 1 fully saturated rings. The minimum atomic E-state index is -4.72. The average molecular weight is 397 g/mol. The van der Waals surface area contributed by atoms with Crippen LogP contribution >= 0.6 is 24.8 Å². The number of methoxy groups -OCH3 is 1. The molecule has 1 saturated heterocycles. The van der Waals surface area contributed by atoms with Crippen LogP contribution in [0, 0.1) is 0 Å². The summed E-state index contributed by atoms with van der Waals surface area (Å²) in [7, 11) is 1.23. The maximum Gasteiger partial charge on any atom is 0.416 e. The summed E-state index contributed by atoms with van der Waals surface area (Å²) in [6.45, 7) is 1.50. The first-order valence-corrected chi connectivity index (χ1v) is 6.82. The van der Waals surface area contributed by atoms with Gasteiger partial charge in [-0.2, -0.15) is 13.2 Å². The molecule has 1 atom stereocenters. The summed E-state index contributed by atoms with van der Waals surface area (Å²) in [4.78, 5) is 1.39. The number of benzene rings is 1. The first-order chi connectivity index (χ1) is 10.3. The van der Waals surface area contributed by atoms with E-state index in [0.717, 1.165) is 12.1 Å². The molecule has 0 bridgehead atoms. The molecule has 0 aliphatic carbocycles. The second-order valence-electron chi connectivity index (χ2n) is 5.02. The average Bonchev–Trinajstić information content (AvgIpc) is 2.47. The maximum atomic E-state index is 13.5. The Bertz CT molecular complexity index is 510. The van der Waals surface area contributed by atoms with Crippen molar-refractivity contribution in [2.75, 3.05) is 33.3 Å². The standard InChI is InChI=1S/C14H17F5N2O.2ClH/c1-22-9-2-3-10(11(8-9)14(17,18)19)12(13(15)16)21-6-4-20-5-7-21;;/h2-3,8,12-13,20H,4-7H2,1H3;2*1H/t12-;;/m0../s1. The smallest absolute Gasteiger partial charge is 0.416 e. The molecule has 0 saturated carbocycles. The van der Waals surface area contributed by atoms with Crippen LogP contribution in [0.2, 0.25) is 0 Å². The second kappa shape index (κ2) is 9.60. The Kier molecular flexibility index (Phi) is 9.27. The van der Waals surface area contributed by atoms with Gasteiger partial charge in [0.2, 0.25) is 0 Å². The molecule has 24 heavy (non-hydrogen) atoms. The molecule has 1 aliphatic rings. The third kappa shape index (κ3) is 5.34. The van der Waals surface area contributed by atoms with Crippen molar-refractivity contribution in [3.8, 4) is 5.75 Å². The van der Waals surface area contributed by atoms with Crippen LogP contribution in [0.15, 0.2) is 18.2 Å². The second-order valence-corrected chi connectivity index (χ2v) is 5.02. The molecule has 0 spiro atoms. The largest absolute Gasteiger partial charge is 0.497 e. The molecule has 3 nitrogen and oxygen atoms in total. The van der Waals surface area contributed by atoms with Crippen LogP contribution in [-0.2, 0) is 6.18 Å². The van der Waals surface area contributed by atoms with E-state index in [9.17, 15) is 22.0 Å². The van der Waals surface area contributed by atoms with E-state index < -0.39 is 29.8 Å². The zero-order chi connectivity index (χ0) is 16.3. The summed E-state index contributed by atoms with van der Waals surface area (Å²) in [5.74, 6) is -0.00981. The normalized spacial score (nSPS) is 17.0. The van der Waals surface area contributed by atoms with E-state index in [1.165, 1.54) is 18.1 Å². The van der Waals surface area contributed by atoms with E-state index in [1.54, 1.807) is 0 Å². The Morgan fingerprint density at radius 3 is 2.17 bits per heavy atom. The van der Waals surface area contributed by atoms with Crippen LogP contribution in [0.1, 0.15) is 17.2 Å². The molecule has 0 unspecified atom stereocenters. The molecular formula is C14H19Cl2F5N2O. The maximum absolute atomic E-state index is 13.5. The zero-order valence-corrected chi connectivity index (χ0v) is 14.4. The van der Waals surface area contributed by atoms with Crippen molar-refractivity contribution in [1.29, 1.82) is 0 Å². The Morgan fingerprint density at radius 2 is 1.71 bits per heavy atom. The molecule has 1 aromatic rings. The Morgan fingerprint density at radius 1 is 1.12 bits per heavy atom. The summed E-state index contributed by atoms with van der Waals surface area (Å²) >= 11 is 0. The molecule has 1 heterocycles. The fraction of sp³-hybridized carbons (Fsp3) is 0.571. The van der Waals surface area contributed by atoms with Crippen LogP contribution in [0.3, 0.4) is 0 Å². The van der Waals surface area contributed by atoms with Gasteiger partial charge in [0, 0.05) is 26.2 Å². The number of hydrogen-bond acceptors (Lipinski definition) is 3. The van der Waals surface area contributed by atoms with Crippen LogP contribution in [0.25, 0.3) is 0 Å². The van der Waals surface area contributed by atoms with Gasteiger partial charge in [-0.25, -0.2) is 8.78 Å². The third-order valence-electron chi connectivity index (χ3n) is 3.67. The molecule has 2 rings (SSSR count). The van der Waals surface area contributed by atoms with Gasteiger partial charge in [0.15, 0.2) is 0 Å². The van der Waals surface area contributed by atoms with E-state index in [0.29, 0.717) is 13.1 Å². The minimum absolute atomic E-state index is 0. The van der Waals surface area contributed by atoms with Crippen molar-refractivity contribution in [1.82, 2.24) is 10.2 Å². The lowest BCUT2D eigenvalue weighted by Gasteiger charge is -2.35. The minimum Gasteiger partial charge on any atom is -0.497 e. The molecule has 0 amide bonds. The summed E-state index contributed by atoms with van der Waals surface area (Å²) in [6, 6.07) is 1.56. The Hall–Kier alpha value is -0.830. The Labute approximate surface area is 149 Å². The van der Waals surface area contributed by atoms with Crippen molar-refractivity contribution in [2.45, 2.75) is 18.6 Å². The SMILES string of the molecule is COc1ccc([C@@H](C(F)F)N2CCNCC2)c(C(F)(F)F)c1.Cl.Cl. The molecule has 0 aromatic heterocycles. The number of nitrogens with one attached hydrogen (secondary N) is 1. The summed E-state index contributed by atoms with van der Waals surface area (Å²) in [6.07, 6.45) is -7.63. The lowest BCUT2D eigenvalue weighted by atomic mass is 9.97. The van der Waals surface area contributed by atoms with Crippen LogP contribution in [0.4, 0.5) is 22.0 Å². The summed E-state index contributed by atoms with van der Waals surface area (Å²) in [5.41, 5.74) is -1.49. The molecule has 140 valence electrons.